The number of methoxy groups -OCH3 is 1. The summed E-state index contributed by atoms with van der Waals surface area (Å²) in [5, 5.41) is 8.10. The third-order valence-electron chi connectivity index (χ3n) is 4.88. The molecule has 0 saturated heterocycles. The Hall–Kier alpha value is -3.71. The van der Waals surface area contributed by atoms with Crippen LogP contribution in [0.3, 0.4) is 0 Å². The third-order valence-corrected chi connectivity index (χ3v) is 5.11. The molecule has 29 heavy (non-hydrogen) atoms. The first-order valence-corrected chi connectivity index (χ1v) is 9.12. The van der Waals surface area contributed by atoms with Crippen LogP contribution in [0.15, 0.2) is 54.7 Å². The zero-order valence-corrected chi connectivity index (χ0v) is 15.9. The second kappa shape index (κ2) is 6.42. The molecular formula is C21H13ClN4O3. The Balaban J connectivity index is 1.70. The number of nitrogens with one attached hydrogen (secondary N) is 1. The molecule has 4 aromatic rings. The summed E-state index contributed by atoms with van der Waals surface area (Å²) in [5.74, 6) is -0.168. The molecule has 7 nitrogen and oxygen atoms in total. The predicted molar refractivity (Wildman–Crippen MR) is 108 cm³/mol. The van der Waals surface area contributed by atoms with Crippen LogP contribution in [-0.4, -0.2) is 34.1 Å². The average Bonchev–Trinajstić information content (AvgIpc) is 3.27. The van der Waals surface area contributed by atoms with Gasteiger partial charge in [-0.2, -0.15) is 5.10 Å². The lowest BCUT2D eigenvalue weighted by Crippen LogP contribution is -2.29. The zero-order chi connectivity index (χ0) is 20.1. The summed E-state index contributed by atoms with van der Waals surface area (Å²) >= 11 is 6.05. The van der Waals surface area contributed by atoms with E-state index < -0.39 is 11.8 Å². The maximum absolute atomic E-state index is 13.3. The maximum Gasteiger partial charge on any atom is 0.267 e. The van der Waals surface area contributed by atoms with Gasteiger partial charge in [0.2, 0.25) is 0 Å². The topological polar surface area (TPSA) is 88.2 Å². The number of amides is 2. The van der Waals surface area contributed by atoms with Crippen LogP contribution in [0, 0.1) is 0 Å². The minimum Gasteiger partial charge on any atom is -0.497 e. The molecule has 2 amide bonds. The van der Waals surface area contributed by atoms with Crippen LogP contribution in [0.25, 0.3) is 22.3 Å². The average molecular weight is 405 g/mol. The highest BCUT2D eigenvalue weighted by Crippen LogP contribution is 2.37. The van der Waals surface area contributed by atoms with Crippen molar-refractivity contribution in [3.05, 3.63) is 70.9 Å². The molecule has 0 bridgehead atoms. The van der Waals surface area contributed by atoms with E-state index in [4.69, 9.17) is 16.3 Å². The Kier molecular flexibility index (Phi) is 3.85. The Morgan fingerprint density at radius 1 is 1.07 bits per heavy atom. The summed E-state index contributed by atoms with van der Waals surface area (Å²) in [6.07, 6.45) is 1.39. The standard InChI is InChI=1S/C21H13ClN4O3/c1-29-14-7-5-11(6-8-14)18-17-16-15(10-23-19(17)25-24-18)20(27)26(21(16)28)13-4-2-3-12(22)9-13/h2-10H,1H3,(H,23,24,25). The van der Waals surface area contributed by atoms with E-state index in [1.807, 2.05) is 24.3 Å². The van der Waals surface area contributed by atoms with E-state index >= 15 is 0 Å². The van der Waals surface area contributed by atoms with Crippen LogP contribution in [0.1, 0.15) is 20.7 Å². The van der Waals surface area contributed by atoms with Crippen LogP contribution in [0.4, 0.5) is 5.69 Å². The first-order chi connectivity index (χ1) is 14.1. The fourth-order valence-electron chi connectivity index (χ4n) is 3.51. The number of halogens is 1. The molecule has 142 valence electrons. The number of anilines is 1. The van der Waals surface area contributed by atoms with Crippen LogP contribution in [0.2, 0.25) is 5.02 Å². The highest BCUT2D eigenvalue weighted by atomic mass is 35.5. The van der Waals surface area contributed by atoms with Gasteiger partial charge in [-0.05, 0) is 42.5 Å². The summed E-state index contributed by atoms with van der Waals surface area (Å²) in [5.41, 5.74) is 2.69. The Bertz CT molecular complexity index is 1300. The van der Waals surface area contributed by atoms with Crippen LogP contribution in [-0.2, 0) is 0 Å². The minimum atomic E-state index is -0.441. The quantitative estimate of drug-likeness (QED) is 0.519. The van der Waals surface area contributed by atoms with Gasteiger partial charge in [-0.3, -0.25) is 14.7 Å². The molecule has 1 aliphatic rings. The smallest absolute Gasteiger partial charge is 0.267 e. The van der Waals surface area contributed by atoms with Crippen molar-refractivity contribution in [1.82, 2.24) is 15.2 Å². The first kappa shape index (κ1) is 17.4. The number of aromatic amines is 1. The molecule has 0 fully saturated rings. The second-order valence-corrected chi connectivity index (χ2v) is 6.93. The number of rotatable bonds is 3. The molecule has 0 atom stereocenters. The number of carbonyl (C=O) groups excluding carboxylic acids is 2. The summed E-state index contributed by atoms with van der Waals surface area (Å²) in [4.78, 5) is 31.7. The van der Waals surface area contributed by atoms with Crippen molar-refractivity contribution in [2.45, 2.75) is 0 Å². The number of carbonyl (C=O) groups is 2. The molecule has 1 aliphatic heterocycles. The number of benzene rings is 2. The van der Waals surface area contributed by atoms with Crippen LogP contribution in [0.5, 0.6) is 5.75 Å². The van der Waals surface area contributed by atoms with E-state index in [9.17, 15) is 9.59 Å². The molecule has 5 rings (SSSR count). The number of aromatic nitrogens is 3. The van der Waals surface area contributed by atoms with E-state index in [2.05, 4.69) is 15.2 Å². The third kappa shape index (κ3) is 2.59. The SMILES string of the molecule is COc1ccc(-c2[nH]nc3ncc4c(c23)C(=O)N(c2cccc(Cl)c2)C4=O)cc1. The molecule has 8 heteroatoms. The predicted octanol–water partition coefficient (Wildman–Crippen LogP) is 4.09. The van der Waals surface area contributed by atoms with E-state index in [1.165, 1.54) is 6.20 Å². The van der Waals surface area contributed by atoms with Crippen molar-refractivity contribution >= 4 is 40.1 Å². The number of H-pyrrole nitrogens is 1. The van der Waals surface area contributed by atoms with Gasteiger partial charge in [0.05, 0.1) is 35.0 Å². The van der Waals surface area contributed by atoms with Crippen molar-refractivity contribution in [1.29, 1.82) is 0 Å². The fraction of sp³-hybridized carbons (Fsp3) is 0.0476. The van der Waals surface area contributed by atoms with Crippen molar-refractivity contribution in [2.24, 2.45) is 0 Å². The lowest BCUT2D eigenvalue weighted by atomic mass is 10.0. The van der Waals surface area contributed by atoms with Crippen LogP contribution < -0.4 is 9.64 Å². The molecule has 0 radical (unpaired) electrons. The Morgan fingerprint density at radius 3 is 2.59 bits per heavy atom. The number of hydrogen-bond acceptors (Lipinski definition) is 5. The number of hydrogen-bond donors (Lipinski definition) is 1. The monoisotopic (exact) mass is 404 g/mol. The van der Waals surface area contributed by atoms with Gasteiger partial charge in [-0.15, -0.1) is 0 Å². The molecular weight excluding hydrogens is 392 g/mol. The highest BCUT2D eigenvalue weighted by Gasteiger charge is 2.40. The molecule has 0 saturated carbocycles. The van der Waals surface area contributed by atoms with E-state index in [1.54, 1.807) is 31.4 Å². The molecule has 1 N–H and O–H groups in total. The van der Waals surface area contributed by atoms with Gasteiger partial charge in [-0.25, -0.2) is 9.88 Å². The normalized spacial score (nSPS) is 13.2. The molecule has 3 heterocycles. The van der Waals surface area contributed by atoms with Crippen LogP contribution >= 0.6 is 11.6 Å². The highest BCUT2D eigenvalue weighted by molar-refractivity contribution is 6.38. The van der Waals surface area contributed by atoms with Gasteiger partial charge in [-0.1, -0.05) is 17.7 Å². The van der Waals surface area contributed by atoms with E-state index in [0.717, 1.165) is 10.5 Å². The van der Waals surface area contributed by atoms with Gasteiger partial charge >= 0.3 is 0 Å². The lowest BCUT2D eigenvalue weighted by Gasteiger charge is -2.13. The fourth-order valence-corrected chi connectivity index (χ4v) is 3.70. The summed E-state index contributed by atoms with van der Waals surface area (Å²) < 4.78 is 5.20. The lowest BCUT2D eigenvalue weighted by molar-refractivity contribution is 0.0926. The molecule has 0 unspecified atom stereocenters. The summed E-state index contributed by atoms with van der Waals surface area (Å²) in [7, 11) is 1.59. The van der Waals surface area contributed by atoms with Crippen molar-refractivity contribution in [3.63, 3.8) is 0 Å². The molecule has 2 aromatic heterocycles. The summed E-state index contributed by atoms with van der Waals surface area (Å²) in [6.45, 7) is 0. The Morgan fingerprint density at radius 2 is 1.86 bits per heavy atom. The number of pyridine rings is 1. The number of ether oxygens (including phenoxy) is 1. The molecule has 2 aromatic carbocycles. The van der Waals surface area contributed by atoms with Gasteiger partial charge in [0, 0.05) is 16.8 Å². The maximum atomic E-state index is 13.3. The van der Waals surface area contributed by atoms with E-state index in [-0.39, 0.29) is 11.1 Å². The summed E-state index contributed by atoms with van der Waals surface area (Å²) in [6, 6.07) is 13.9. The Labute approximate surface area is 169 Å². The largest absolute Gasteiger partial charge is 0.497 e. The van der Waals surface area contributed by atoms with Gasteiger partial charge in [0.25, 0.3) is 11.8 Å². The van der Waals surface area contributed by atoms with Crippen molar-refractivity contribution in [3.8, 4) is 17.0 Å². The van der Waals surface area contributed by atoms with Crippen molar-refractivity contribution in [2.75, 3.05) is 12.0 Å². The molecule has 0 spiro atoms. The second-order valence-electron chi connectivity index (χ2n) is 6.50. The van der Waals surface area contributed by atoms with Gasteiger partial charge in [0.15, 0.2) is 5.65 Å². The number of nitrogens with zero attached hydrogens (tertiary/aromatic N) is 3. The number of imide groups is 1. The molecule has 0 aliphatic carbocycles. The number of fused-ring (bicyclic) bond motifs is 3. The van der Waals surface area contributed by atoms with Gasteiger partial charge in [0.1, 0.15) is 5.75 Å². The van der Waals surface area contributed by atoms with Gasteiger partial charge < -0.3 is 4.74 Å². The minimum absolute atomic E-state index is 0.235. The zero-order valence-electron chi connectivity index (χ0n) is 15.1. The first-order valence-electron chi connectivity index (χ1n) is 8.74. The van der Waals surface area contributed by atoms with E-state index in [0.29, 0.717) is 33.2 Å². The van der Waals surface area contributed by atoms with Crippen molar-refractivity contribution < 1.29 is 14.3 Å².